The molecule has 0 saturated carbocycles. The highest BCUT2D eigenvalue weighted by atomic mass is 16.4. The van der Waals surface area contributed by atoms with Crippen molar-refractivity contribution in [3.05, 3.63) is 29.8 Å². The van der Waals surface area contributed by atoms with Gasteiger partial charge in [0.05, 0.1) is 25.5 Å². The lowest BCUT2D eigenvalue weighted by atomic mass is 10.0. The zero-order valence-corrected chi connectivity index (χ0v) is 40.9. The number of benzene rings is 1. The zero-order chi connectivity index (χ0) is 56.2. The molecule has 8 atom stereocenters. The molecule has 0 aliphatic heterocycles. The fraction of sp³-hybridized carbons (Fsp3) is 0.558. The fourth-order valence-corrected chi connectivity index (χ4v) is 6.64. The van der Waals surface area contributed by atoms with E-state index in [2.05, 4.69) is 47.2 Å². The SMILES string of the molecule is CC(C)C[C@H](NC(=O)[C@H](CC(=O)O)NC(=O)[C@H](Cc1ccc(O)cc1)NC(=O)[C@H](CO)NC(=O)[C@@H](N)CCC(N)=O)C(=O)N[C@@H](CCCN=C(N)N)C(=O)N[C@@H](CC(N)=O)C(=O)N[C@@H](CCCN=C(N)N)C(=O)O. The lowest BCUT2D eigenvalue weighted by Crippen LogP contribution is -2.61. The summed E-state index contributed by atoms with van der Waals surface area (Å²) in [6, 6.07) is -7.92. The molecule has 25 N–H and O–H groups in total. The zero-order valence-electron chi connectivity index (χ0n) is 40.9. The molecule has 74 heavy (non-hydrogen) atoms. The Balaban J connectivity index is 3.55. The molecule has 0 spiro atoms. The van der Waals surface area contributed by atoms with Gasteiger partial charge in [0.25, 0.3) is 0 Å². The first kappa shape index (κ1) is 63.7. The Labute approximate surface area is 424 Å². The topological polar surface area (TPSA) is 560 Å². The van der Waals surface area contributed by atoms with E-state index in [1.165, 1.54) is 24.3 Å². The number of carbonyl (C=O) groups is 11. The molecule has 0 heterocycles. The van der Waals surface area contributed by atoms with E-state index in [-0.39, 0.29) is 88.0 Å². The van der Waals surface area contributed by atoms with Gasteiger partial charge in [0.15, 0.2) is 11.9 Å². The van der Waals surface area contributed by atoms with E-state index in [4.69, 9.17) is 40.1 Å². The fourth-order valence-electron chi connectivity index (χ4n) is 6.64. The number of rotatable bonds is 35. The summed E-state index contributed by atoms with van der Waals surface area (Å²) < 4.78 is 0. The average molecular weight is 1050 g/mol. The highest BCUT2D eigenvalue weighted by molar-refractivity contribution is 5.99. The number of nitrogens with one attached hydrogen (secondary N) is 7. The van der Waals surface area contributed by atoms with Gasteiger partial charge in [-0.3, -0.25) is 57.9 Å². The van der Waals surface area contributed by atoms with Crippen LogP contribution < -0.4 is 77.4 Å². The number of hydrogen-bond donors (Lipinski definition) is 18. The first-order valence-corrected chi connectivity index (χ1v) is 23.0. The Morgan fingerprint density at radius 3 is 1.42 bits per heavy atom. The molecule has 31 heteroatoms. The number of phenolic OH excluding ortho intramolecular Hbond substituents is 1. The second-order valence-electron chi connectivity index (χ2n) is 17.2. The maximum absolute atomic E-state index is 14.1. The van der Waals surface area contributed by atoms with Gasteiger partial charge in [-0.2, -0.15) is 0 Å². The van der Waals surface area contributed by atoms with E-state index in [0.717, 1.165) is 0 Å². The Hall–Kier alpha value is -8.35. The molecule has 0 fully saturated rings. The van der Waals surface area contributed by atoms with Crippen molar-refractivity contribution >= 4 is 77.0 Å². The summed E-state index contributed by atoms with van der Waals surface area (Å²) in [4.78, 5) is 150. The minimum Gasteiger partial charge on any atom is -0.508 e. The number of aliphatic imine (C=N–C) groups is 2. The third-order valence-corrected chi connectivity index (χ3v) is 10.4. The van der Waals surface area contributed by atoms with Gasteiger partial charge in [-0.05, 0) is 62.1 Å². The van der Waals surface area contributed by atoms with Crippen molar-refractivity contribution in [2.45, 2.75) is 126 Å². The van der Waals surface area contributed by atoms with Crippen LogP contribution in [0.2, 0.25) is 0 Å². The van der Waals surface area contributed by atoms with Crippen LogP contribution in [0, 0.1) is 5.92 Å². The van der Waals surface area contributed by atoms with Crippen molar-refractivity contribution in [3.63, 3.8) is 0 Å². The van der Waals surface area contributed by atoms with E-state index in [1.54, 1.807) is 13.8 Å². The summed E-state index contributed by atoms with van der Waals surface area (Å²) in [7, 11) is 0. The molecule has 0 saturated heterocycles. The second kappa shape index (κ2) is 32.6. The lowest BCUT2D eigenvalue weighted by Gasteiger charge is -2.28. The van der Waals surface area contributed by atoms with Gasteiger partial charge < -0.3 is 97.8 Å². The molecule has 412 valence electrons. The summed E-state index contributed by atoms with van der Waals surface area (Å²) in [5.74, 6) is -13.9. The predicted molar refractivity (Wildman–Crippen MR) is 262 cm³/mol. The third-order valence-electron chi connectivity index (χ3n) is 10.4. The van der Waals surface area contributed by atoms with Gasteiger partial charge in [0, 0.05) is 25.9 Å². The average Bonchev–Trinajstić information content (AvgIpc) is 3.30. The quantitative estimate of drug-likeness (QED) is 0.0171. The number of guanidine groups is 2. The van der Waals surface area contributed by atoms with Crippen LogP contribution >= 0.6 is 0 Å². The van der Waals surface area contributed by atoms with Crippen molar-refractivity contribution in [3.8, 4) is 5.75 Å². The highest BCUT2D eigenvalue weighted by Gasteiger charge is 2.36. The van der Waals surface area contributed by atoms with E-state index < -0.39 is 133 Å². The van der Waals surface area contributed by atoms with Gasteiger partial charge in [-0.15, -0.1) is 0 Å². The molecule has 0 radical (unpaired) electrons. The number of aliphatic hydroxyl groups excluding tert-OH is 1. The minimum atomic E-state index is -1.97. The number of aliphatic carboxylic acids is 2. The van der Waals surface area contributed by atoms with Crippen molar-refractivity contribution < 1.29 is 73.2 Å². The molecule has 0 bridgehead atoms. The van der Waals surface area contributed by atoms with Gasteiger partial charge >= 0.3 is 11.9 Å². The minimum absolute atomic E-state index is 0.00548. The van der Waals surface area contributed by atoms with E-state index >= 15 is 0 Å². The van der Waals surface area contributed by atoms with Crippen molar-refractivity contribution in [2.75, 3.05) is 19.7 Å². The summed E-state index contributed by atoms with van der Waals surface area (Å²) in [6.07, 6.45) is -3.29. The Morgan fingerprint density at radius 1 is 0.527 bits per heavy atom. The molecule has 1 aromatic rings. The third kappa shape index (κ3) is 25.7. The van der Waals surface area contributed by atoms with Crippen molar-refractivity contribution in [2.24, 2.45) is 56.0 Å². The van der Waals surface area contributed by atoms with Gasteiger partial charge in [0.1, 0.15) is 48.0 Å². The van der Waals surface area contributed by atoms with E-state index in [0.29, 0.717) is 5.56 Å². The van der Waals surface area contributed by atoms with E-state index in [9.17, 15) is 73.2 Å². The molecule has 0 unspecified atom stereocenters. The Kier molecular flexibility index (Phi) is 28.0. The maximum atomic E-state index is 14.1. The van der Waals surface area contributed by atoms with Crippen LogP contribution in [0.1, 0.15) is 77.2 Å². The number of phenols is 1. The first-order chi connectivity index (χ1) is 34.6. The maximum Gasteiger partial charge on any atom is 0.326 e. The van der Waals surface area contributed by atoms with Crippen LogP contribution in [0.15, 0.2) is 34.3 Å². The molecular formula is C43H70N16O15. The molecule has 1 rings (SSSR count). The number of nitrogens with zero attached hydrogens (tertiary/aromatic N) is 2. The van der Waals surface area contributed by atoms with Crippen LogP contribution in [0.4, 0.5) is 0 Å². The first-order valence-electron chi connectivity index (χ1n) is 23.0. The second-order valence-corrected chi connectivity index (χ2v) is 17.2. The molecule has 9 amide bonds. The number of carboxylic acids is 2. The smallest absolute Gasteiger partial charge is 0.326 e. The molecular weight excluding hydrogens is 981 g/mol. The number of hydrogen-bond acceptors (Lipinski definition) is 16. The lowest BCUT2D eigenvalue weighted by molar-refractivity contribution is -0.143. The molecule has 0 aliphatic carbocycles. The van der Waals surface area contributed by atoms with Crippen LogP contribution in [-0.4, -0.2) is 165 Å². The normalized spacial score (nSPS) is 14.1. The summed E-state index contributed by atoms with van der Waals surface area (Å²) in [6.45, 7) is 2.21. The molecule has 1 aromatic carbocycles. The molecule has 0 aromatic heterocycles. The number of aliphatic hydroxyl groups is 1. The predicted octanol–water partition coefficient (Wildman–Crippen LogP) is -7.50. The number of carboxylic acid groups (broad SMARTS) is 2. The van der Waals surface area contributed by atoms with E-state index in [1.807, 2.05) is 0 Å². The van der Waals surface area contributed by atoms with Crippen molar-refractivity contribution in [1.29, 1.82) is 0 Å². The van der Waals surface area contributed by atoms with Gasteiger partial charge in [0.2, 0.25) is 53.2 Å². The van der Waals surface area contributed by atoms with Gasteiger partial charge in [-0.25, -0.2) is 4.79 Å². The van der Waals surface area contributed by atoms with Crippen LogP contribution in [0.25, 0.3) is 0 Å². The summed E-state index contributed by atoms with van der Waals surface area (Å²) in [5.41, 5.74) is 38.0. The number of amides is 9. The number of carbonyl (C=O) groups excluding carboxylic acids is 9. The molecule has 31 nitrogen and oxygen atoms in total. The standard InChI is InChI=1S/C43H70N16O15/c1-20(2)15-26(36(68)53-24(5-3-13-51-42(47)48)35(67)57-28(17-32(46)63)38(70)54-25(41(73)74)6-4-14-52-43(49)50)55-39(71)29(18-33(64)65)58-37(69)27(16-21-7-9-22(61)10-8-21)56-40(72)30(19-60)59-34(66)23(44)11-12-31(45)62/h7-10,20,23-30,60-61H,3-6,11-19,44H2,1-2H3,(H2,45,62)(H2,46,63)(H,53,68)(H,54,70)(H,55,71)(H,56,72)(H,57,67)(H,58,69)(H,59,66)(H,64,65)(H,73,74)(H4,47,48,51)(H4,49,50,52)/t23-,24-,25-,26-,27-,28-,29-,30-/m0/s1. The monoisotopic (exact) mass is 1050 g/mol. The highest BCUT2D eigenvalue weighted by Crippen LogP contribution is 2.13. The molecule has 0 aliphatic rings. The van der Waals surface area contributed by atoms with Crippen LogP contribution in [0.3, 0.4) is 0 Å². The Morgan fingerprint density at radius 2 is 0.946 bits per heavy atom. The van der Waals surface area contributed by atoms with Crippen molar-refractivity contribution in [1.82, 2.24) is 37.2 Å². The summed E-state index contributed by atoms with van der Waals surface area (Å²) in [5, 5.41) is 55.5. The largest absolute Gasteiger partial charge is 0.508 e. The Bertz CT molecular complexity index is 2190. The number of nitrogens with two attached hydrogens (primary N) is 7. The van der Waals surface area contributed by atoms with Gasteiger partial charge in [-0.1, -0.05) is 26.0 Å². The van der Waals surface area contributed by atoms with Crippen LogP contribution in [0.5, 0.6) is 5.75 Å². The number of aromatic hydroxyl groups is 1. The summed E-state index contributed by atoms with van der Waals surface area (Å²) >= 11 is 0. The van der Waals surface area contributed by atoms with Crippen LogP contribution in [-0.2, 0) is 59.2 Å². The number of primary amides is 2.